The fourth-order valence-corrected chi connectivity index (χ4v) is 5.47. The van der Waals surface area contributed by atoms with Gasteiger partial charge in [-0.1, -0.05) is 12.1 Å². The number of hydrogen-bond acceptors (Lipinski definition) is 3. The predicted molar refractivity (Wildman–Crippen MR) is 92.7 cm³/mol. The van der Waals surface area contributed by atoms with Gasteiger partial charge in [0.1, 0.15) is 11.6 Å². The van der Waals surface area contributed by atoms with Gasteiger partial charge in [-0.05, 0) is 60.7 Å². The monoisotopic (exact) mass is 361 g/mol. The Bertz CT molecular complexity index is 897. The first-order chi connectivity index (χ1) is 12.0. The van der Waals surface area contributed by atoms with Crippen molar-refractivity contribution >= 4 is 10.0 Å². The maximum atomic E-state index is 13.4. The first kappa shape index (κ1) is 16.5. The standard InChI is InChI=1S/C19H20FNO3S/c20-16-4-1-3-14(11-16)12-17-5-2-9-21(17)25(22,23)18-6-7-19-15(13-18)8-10-24-19/h1,3-4,6-7,11,13,17H,2,5,8-10,12H2/t17-/m1/s1. The van der Waals surface area contributed by atoms with Crippen molar-refractivity contribution < 1.29 is 17.5 Å². The molecule has 0 bridgehead atoms. The molecule has 0 N–H and O–H groups in total. The number of fused-ring (bicyclic) bond motifs is 1. The van der Waals surface area contributed by atoms with Gasteiger partial charge < -0.3 is 4.74 Å². The molecule has 1 fully saturated rings. The van der Waals surface area contributed by atoms with Crippen molar-refractivity contribution in [3.8, 4) is 5.75 Å². The molecule has 0 spiro atoms. The highest BCUT2D eigenvalue weighted by Gasteiger charge is 2.35. The molecule has 1 saturated heterocycles. The highest BCUT2D eigenvalue weighted by atomic mass is 32.2. The van der Waals surface area contributed by atoms with Gasteiger partial charge in [0.05, 0.1) is 11.5 Å². The van der Waals surface area contributed by atoms with E-state index in [4.69, 9.17) is 4.74 Å². The summed E-state index contributed by atoms with van der Waals surface area (Å²) >= 11 is 0. The van der Waals surface area contributed by atoms with Gasteiger partial charge in [0.15, 0.2) is 0 Å². The van der Waals surface area contributed by atoms with Crippen LogP contribution in [0.1, 0.15) is 24.0 Å². The summed E-state index contributed by atoms with van der Waals surface area (Å²) in [6.07, 6.45) is 2.90. The number of halogens is 1. The Balaban J connectivity index is 1.60. The Morgan fingerprint density at radius 3 is 2.92 bits per heavy atom. The van der Waals surface area contributed by atoms with Crippen molar-refractivity contribution in [2.24, 2.45) is 0 Å². The predicted octanol–water partition coefficient (Wildman–Crippen LogP) is 3.16. The summed E-state index contributed by atoms with van der Waals surface area (Å²) in [6, 6.07) is 11.4. The summed E-state index contributed by atoms with van der Waals surface area (Å²) in [6.45, 7) is 1.11. The van der Waals surface area contributed by atoms with E-state index in [1.165, 1.54) is 12.1 Å². The van der Waals surface area contributed by atoms with E-state index >= 15 is 0 Å². The van der Waals surface area contributed by atoms with E-state index in [0.717, 1.165) is 36.1 Å². The lowest BCUT2D eigenvalue weighted by Gasteiger charge is -2.24. The molecule has 2 aromatic rings. The Kier molecular flexibility index (Phi) is 4.25. The molecule has 2 aliphatic rings. The summed E-state index contributed by atoms with van der Waals surface area (Å²) in [4.78, 5) is 0.322. The fraction of sp³-hybridized carbons (Fsp3) is 0.368. The van der Waals surface area contributed by atoms with Crippen molar-refractivity contribution in [2.75, 3.05) is 13.2 Å². The summed E-state index contributed by atoms with van der Waals surface area (Å²) in [5, 5.41) is 0. The van der Waals surface area contributed by atoms with Crippen LogP contribution >= 0.6 is 0 Å². The van der Waals surface area contributed by atoms with Gasteiger partial charge in [-0.2, -0.15) is 4.31 Å². The molecule has 0 aromatic heterocycles. The van der Waals surface area contributed by atoms with E-state index in [2.05, 4.69) is 0 Å². The van der Waals surface area contributed by atoms with E-state index in [9.17, 15) is 12.8 Å². The van der Waals surface area contributed by atoms with Crippen LogP contribution in [-0.2, 0) is 22.9 Å². The van der Waals surface area contributed by atoms with Crippen LogP contribution in [0.3, 0.4) is 0 Å². The summed E-state index contributed by atoms with van der Waals surface area (Å²) in [5.74, 6) is 0.486. The molecule has 0 radical (unpaired) electrons. The topological polar surface area (TPSA) is 46.6 Å². The van der Waals surface area contributed by atoms with Gasteiger partial charge in [-0.15, -0.1) is 0 Å². The minimum atomic E-state index is -3.56. The molecule has 1 atom stereocenters. The third kappa shape index (κ3) is 3.16. The van der Waals surface area contributed by atoms with Crippen LogP contribution in [-0.4, -0.2) is 31.9 Å². The van der Waals surface area contributed by atoms with Gasteiger partial charge in [0.2, 0.25) is 10.0 Å². The van der Waals surface area contributed by atoms with E-state index in [1.54, 1.807) is 28.6 Å². The van der Waals surface area contributed by atoms with Gasteiger partial charge >= 0.3 is 0 Å². The second-order valence-electron chi connectivity index (χ2n) is 6.61. The lowest BCUT2D eigenvalue weighted by atomic mass is 10.0. The summed E-state index contributed by atoms with van der Waals surface area (Å²) in [5.41, 5.74) is 1.77. The molecule has 132 valence electrons. The molecule has 0 unspecified atom stereocenters. The van der Waals surface area contributed by atoms with Crippen molar-refractivity contribution in [2.45, 2.75) is 36.6 Å². The Labute approximate surface area is 147 Å². The molecule has 2 aromatic carbocycles. The van der Waals surface area contributed by atoms with Gasteiger partial charge in [0, 0.05) is 19.0 Å². The molecular formula is C19H20FNO3S. The van der Waals surface area contributed by atoms with Crippen LogP contribution in [0.4, 0.5) is 4.39 Å². The van der Waals surface area contributed by atoms with Crippen molar-refractivity contribution in [1.29, 1.82) is 0 Å². The van der Waals surface area contributed by atoms with Crippen LogP contribution in [0.15, 0.2) is 47.4 Å². The van der Waals surface area contributed by atoms with Crippen molar-refractivity contribution in [1.82, 2.24) is 4.31 Å². The number of benzene rings is 2. The Hall–Kier alpha value is -1.92. The van der Waals surface area contributed by atoms with Crippen LogP contribution in [0, 0.1) is 5.82 Å². The molecule has 2 heterocycles. The number of nitrogens with zero attached hydrogens (tertiary/aromatic N) is 1. The highest BCUT2D eigenvalue weighted by molar-refractivity contribution is 7.89. The number of ether oxygens (including phenoxy) is 1. The largest absolute Gasteiger partial charge is 0.493 e. The molecule has 6 heteroatoms. The van der Waals surface area contributed by atoms with Gasteiger partial charge in [-0.25, -0.2) is 12.8 Å². The molecule has 0 saturated carbocycles. The van der Waals surface area contributed by atoms with Crippen LogP contribution in [0.2, 0.25) is 0 Å². The zero-order valence-electron chi connectivity index (χ0n) is 13.8. The number of sulfonamides is 1. The zero-order valence-corrected chi connectivity index (χ0v) is 14.6. The third-order valence-electron chi connectivity index (χ3n) is 4.95. The number of hydrogen-bond donors (Lipinski definition) is 0. The molecule has 4 rings (SSSR count). The van der Waals surface area contributed by atoms with Crippen LogP contribution < -0.4 is 4.74 Å². The van der Waals surface area contributed by atoms with E-state index in [-0.39, 0.29) is 11.9 Å². The van der Waals surface area contributed by atoms with E-state index in [0.29, 0.717) is 24.5 Å². The average Bonchev–Trinajstić information content (AvgIpc) is 3.23. The zero-order chi connectivity index (χ0) is 17.4. The highest BCUT2D eigenvalue weighted by Crippen LogP contribution is 2.32. The molecule has 0 amide bonds. The number of rotatable bonds is 4. The Morgan fingerprint density at radius 1 is 1.20 bits per heavy atom. The van der Waals surface area contributed by atoms with Crippen LogP contribution in [0.5, 0.6) is 5.75 Å². The molecule has 0 aliphatic carbocycles. The maximum Gasteiger partial charge on any atom is 0.243 e. The average molecular weight is 361 g/mol. The van der Waals surface area contributed by atoms with Gasteiger partial charge in [-0.3, -0.25) is 0 Å². The second kappa shape index (κ2) is 6.42. The van der Waals surface area contributed by atoms with E-state index in [1.807, 2.05) is 6.07 Å². The quantitative estimate of drug-likeness (QED) is 0.840. The summed E-state index contributed by atoms with van der Waals surface area (Å²) in [7, 11) is -3.56. The molecule has 25 heavy (non-hydrogen) atoms. The summed E-state index contributed by atoms with van der Waals surface area (Å²) < 4.78 is 46.7. The minimum Gasteiger partial charge on any atom is -0.493 e. The lowest BCUT2D eigenvalue weighted by Crippen LogP contribution is -2.36. The maximum absolute atomic E-state index is 13.4. The van der Waals surface area contributed by atoms with Crippen molar-refractivity contribution in [3.63, 3.8) is 0 Å². The second-order valence-corrected chi connectivity index (χ2v) is 8.50. The van der Waals surface area contributed by atoms with Crippen LogP contribution in [0.25, 0.3) is 0 Å². The van der Waals surface area contributed by atoms with Gasteiger partial charge in [0.25, 0.3) is 0 Å². The first-order valence-electron chi connectivity index (χ1n) is 8.56. The third-order valence-corrected chi connectivity index (χ3v) is 6.90. The van der Waals surface area contributed by atoms with Crippen molar-refractivity contribution in [3.05, 3.63) is 59.4 Å². The molecular weight excluding hydrogens is 341 g/mol. The SMILES string of the molecule is O=S(=O)(c1ccc2c(c1)CCO2)N1CCC[C@@H]1Cc1cccc(F)c1. The Morgan fingerprint density at radius 2 is 2.08 bits per heavy atom. The first-order valence-corrected chi connectivity index (χ1v) is 10.00. The van der Waals surface area contributed by atoms with E-state index < -0.39 is 10.0 Å². The fourth-order valence-electron chi connectivity index (χ4n) is 3.72. The molecule has 2 aliphatic heterocycles. The minimum absolute atomic E-state index is 0.128. The smallest absolute Gasteiger partial charge is 0.243 e. The normalized spacial score (nSPS) is 20.4. The molecule has 4 nitrogen and oxygen atoms in total. The lowest BCUT2D eigenvalue weighted by molar-refractivity contribution is 0.356.